The van der Waals surface area contributed by atoms with Crippen LogP contribution in [-0.2, 0) is 21.3 Å². The summed E-state index contributed by atoms with van der Waals surface area (Å²) in [5.41, 5.74) is 2.44. The third kappa shape index (κ3) is 5.06. The highest BCUT2D eigenvalue weighted by Crippen LogP contribution is 2.38. The smallest absolute Gasteiger partial charge is 0.211 e. The largest absolute Gasteiger partial charge is 0.375 e. The van der Waals surface area contributed by atoms with Crippen molar-refractivity contribution in [1.29, 1.82) is 0 Å². The highest BCUT2D eigenvalue weighted by molar-refractivity contribution is 7.88. The topological polar surface area (TPSA) is 49.9 Å². The Morgan fingerprint density at radius 1 is 1.09 bits per heavy atom. The van der Waals surface area contributed by atoms with E-state index in [-0.39, 0.29) is 17.5 Å². The number of hydrogen-bond donors (Lipinski definition) is 0. The van der Waals surface area contributed by atoms with Crippen LogP contribution in [0.1, 0.15) is 38.2 Å². The minimum atomic E-state index is -3.22. The van der Waals surface area contributed by atoms with E-state index in [0.717, 1.165) is 56.4 Å². The van der Waals surface area contributed by atoms with Gasteiger partial charge < -0.3 is 4.74 Å². The lowest BCUT2D eigenvalue weighted by Gasteiger charge is -2.48. The number of benzene rings is 2. The first-order valence-corrected chi connectivity index (χ1v) is 13.3. The van der Waals surface area contributed by atoms with Gasteiger partial charge in [-0.05, 0) is 42.9 Å². The molecule has 2 aliphatic rings. The standard InChI is InChI=1S/C25H33FN2O3S/c1-3-28(32(2,29)30)21-12-17-31-25(18-21)13-15-27(16-14-25)19-20-8-4-5-9-22(20)23-10-6-7-11-24(23)26/h4-11,21H,3,12-19H2,1-2H3/t21-/m0/s1. The Kier molecular flexibility index (Phi) is 7.00. The van der Waals surface area contributed by atoms with Gasteiger partial charge in [0.2, 0.25) is 10.0 Å². The number of ether oxygens (including phenoxy) is 1. The van der Waals surface area contributed by atoms with Crippen LogP contribution in [0.2, 0.25) is 0 Å². The Bertz CT molecular complexity index is 1030. The van der Waals surface area contributed by atoms with E-state index < -0.39 is 10.0 Å². The van der Waals surface area contributed by atoms with Crippen molar-refractivity contribution in [2.45, 2.75) is 50.8 Å². The molecular weight excluding hydrogens is 427 g/mol. The fourth-order valence-electron chi connectivity index (χ4n) is 5.32. The van der Waals surface area contributed by atoms with E-state index in [2.05, 4.69) is 11.0 Å². The van der Waals surface area contributed by atoms with Crippen LogP contribution < -0.4 is 0 Å². The van der Waals surface area contributed by atoms with Gasteiger partial charge >= 0.3 is 0 Å². The van der Waals surface area contributed by atoms with Crippen molar-refractivity contribution < 1.29 is 17.5 Å². The molecule has 5 nitrogen and oxygen atoms in total. The number of rotatable bonds is 6. The zero-order chi connectivity index (χ0) is 22.8. The predicted octanol–water partition coefficient (Wildman–Crippen LogP) is 4.29. The summed E-state index contributed by atoms with van der Waals surface area (Å²) < 4.78 is 46.7. The Balaban J connectivity index is 1.44. The molecule has 0 amide bonds. The summed E-state index contributed by atoms with van der Waals surface area (Å²) in [6.45, 7) is 5.52. The zero-order valence-electron chi connectivity index (χ0n) is 19.0. The molecule has 1 atom stereocenters. The van der Waals surface area contributed by atoms with Crippen LogP contribution in [-0.4, -0.2) is 61.8 Å². The maximum absolute atomic E-state index is 14.4. The second-order valence-corrected chi connectivity index (χ2v) is 11.0. The summed E-state index contributed by atoms with van der Waals surface area (Å²) in [4.78, 5) is 2.39. The SMILES string of the molecule is CCN([C@H]1CCOC2(CCN(Cc3ccccc3-c3ccccc3F)CC2)C1)S(C)(=O)=O. The summed E-state index contributed by atoms with van der Waals surface area (Å²) in [5, 5.41) is 0. The Hall–Kier alpha value is -1.80. The van der Waals surface area contributed by atoms with Crippen LogP contribution in [0.25, 0.3) is 11.1 Å². The minimum absolute atomic E-state index is 0.0112. The molecule has 2 aromatic carbocycles. The average Bonchev–Trinajstić information content (AvgIpc) is 2.76. The molecule has 2 heterocycles. The van der Waals surface area contributed by atoms with Crippen molar-refractivity contribution in [1.82, 2.24) is 9.21 Å². The molecule has 7 heteroatoms. The van der Waals surface area contributed by atoms with Crippen molar-refractivity contribution in [2.75, 3.05) is 32.5 Å². The van der Waals surface area contributed by atoms with Crippen molar-refractivity contribution in [3.8, 4) is 11.1 Å². The fraction of sp³-hybridized carbons (Fsp3) is 0.520. The summed E-state index contributed by atoms with van der Waals surface area (Å²) in [5.74, 6) is -0.203. The zero-order valence-corrected chi connectivity index (χ0v) is 19.8. The van der Waals surface area contributed by atoms with Crippen molar-refractivity contribution >= 4 is 10.0 Å². The quantitative estimate of drug-likeness (QED) is 0.645. The van der Waals surface area contributed by atoms with Gasteiger partial charge in [-0.1, -0.05) is 49.4 Å². The van der Waals surface area contributed by atoms with E-state index in [0.29, 0.717) is 18.7 Å². The molecule has 0 bridgehead atoms. The summed E-state index contributed by atoms with van der Waals surface area (Å²) in [6, 6.07) is 14.9. The molecular formula is C25H33FN2O3S. The Labute approximate surface area is 191 Å². The number of sulfonamides is 1. The van der Waals surface area contributed by atoms with Crippen LogP contribution in [0.5, 0.6) is 0 Å². The monoisotopic (exact) mass is 460 g/mol. The molecule has 1 spiro atoms. The molecule has 4 rings (SSSR count). The van der Waals surface area contributed by atoms with Crippen molar-refractivity contribution in [3.05, 3.63) is 59.9 Å². The van der Waals surface area contributed by atoms with Crippen LogP contribution in [0, 0.1) is 5.82 Å². The molecule has 174 valence electrons. The fourth-order valence-corrected chi connectivity index (χ4v) is 6.51. The molecule has 2 saturated heterocycles. The third-order valence-electron chi connectivity index (χ3n) is 6.95. The normalized spacial score (nSPS) is 21.8. The predicted molar refractivity (Wildman–Crippen MR) is 125 cm³/mol. The summed E-state index contributed by atoms with van der Waals surface area (Å²) in [6.07, 6.45) is 4.57. The van der Waals surface area contributed by atoms with Gasteiger partial charge in [-0.25, -0.2) is 12.8 Å². The van der Waals surface area contributed by atoms with E-state index in [1.807, 2.05) is 37.3 Å². The first-order valence-electron chi connectivity index (χ1n) is 11.5. The van der Waals surface area contributed by atoms with Crippen LogP contribution in [0.3, 0.4) is 0 Å². The summed E-state index contributed by atoms with van der Waals surface area (Å²) in [7, 11) is -3.22. The van der Waals surface area contributed by atoms with E-state index >= 15 is 0 Å². The third-order valence-corrected chi connectivity index (χ3v) is 8.36. The molecule has 2 fully saturated rings. The minimum Gasteiger partial charge on any atom is -0.375 e. The number of nitrogens with zero attached hydrogens (tertiary/aromatic N) is 2. The molecule has 0 aliphatic carbocycles. The lowest BCUT2D eigenvalue weighted by molar-refractivity contribution is -0.127. The van der Waals surface area contributed by atoms with E-state index in [4.69, 9.17) is 4.74 Å². The molecule has 0 N–H and O–H groups in total. The lowest BCUT2D eigenvalue weighted by atomic mass is 9.82. The molecule has 2 aliphatic heterocycles. The Morgan fingerprint density at radius 2 is 1.75 bits per heavy atom. The number of hydrogen-bond acceptors (Lipinski definition) is 4. The highest BCUT2D eigenvalue weighted by Gasteiger charge is 2.43. The van der Waals surface area contributed by atoms with Crippen LogP contribution in [0.15, 0.2) is 48.5 Å². The van der Waals surface area contributed by atoms with Gasteiger partial charge in [-0.2, -0.15) is 4.31 Å². The maximum atomic E-state index is 14.4. The first kappa shape index (κ1) is 23.4. The lowest BCUT2D eigenvalue weighted by Crippen LogP contribution is -2.54. The van der Waals surface area contributed by atoms with E-state index in [1.165, 1.54) is 12.3 Å². The highest BCUT2D eigenvalue weighted by atomic mass is 32.2. The van der Waals surface area contributed by atoms with Gasteiger partial charge in [0.25, 0.3) is 0 Å². The second kappa shape index (κ2) is 9.59. The molecule has 0 radical (unpaired) electrons. The molecule has 0 aromatic heterocycles. The summed E-state index contributed by atoms with van der Waals surface area (Å²) >= 11 is 0. The van der Waals surface area contributed by atoms with Crippen molar-refractivity contribution in [2.24, 2.45) is 0 Å². The first-order chi connectivity index (χ1) is 15.3. The Morgan fingerprint density at radius 3 is 2.41 bits per heavy atom. The van der Waals surface area contributed by atoms with Gasteiger partial charge in [-0.15, -0.1) is 0 Å². The van der Waals surface area contributed by atoms with Crippen LogP contribution >= 0.6 is 0 Å². The number of likely N-dealkylation sites (tertiary alicyclic amines) is 1. The van der Waals surface area contributed by atoms with E-state index in [9.17, 15) is 12.8 Å². The van der Waals surface area contributed by atoms with Gasteiger partial charge in [0, 0.05) is 44.4 Å². The number of halogens is 1. The van der Waals surface area contributed by atoms with Gasteiger partial charge in [0.05, 0.1) is 11.9 Å². The molecule has 0 saturated carbocycles. The molecule has 32 heavy (non-hydrogen) atoms. The van der Waals surface area contributed by atoms with E-state index in [1.54, 1.807) is 10.4 Å². The van der Waals surface area contributed by atoms with Crippen LogP contribution in [0.4, 0.5) is 4.39 Å². The average molecular weight is 461 g/mol. The van der Waals surface area contributed by atoms with Crippen molar-refractivity contribution in [3.63, 3.8) is 0 Å². The maximum Gasteiger partial charge on any atom is 0.211 e. The molecule has 0 unspecified atom stereocenters. The second-order valence-electron chi connectivity index (χ2n) is 9.06. The van der Waals surface area contributed by atoms with Gasteiger partial charge in [0.15, 0.2) is 0 Å². The molecule has 2 aromatic rings. The number of piperidine rings is 1. The van der Waals surface area contributed by atoms with Gasteiger partial charge in [-0.3, -0.25) is 4.90 Å². The van der Waals surface area contributed by atoms with Gasteiger partial charge in [0.1, 0.15) is 5.82 Å².